The predicted octanol–water partition coefficient (Wildman–Crippen LogP) is 4.25. The molecule has 0 saturated carbocycles. The Hall–Kier alpha value is -2.02. The number of rotatable bonds is 4. The summed E-state index contributed by atoms with van der Waals surface area (Å²) in [7, 11) is 0. The summed E-state index contributed by atoms with van der Waals surface area (Å²) >= 11 is -0.525. The zero-order valence-corrected chi connectivity index (χ0v) is 14.1. The molecule has 22 heavy (non-hydrogen) atoms. The number of ether oxygens (including phenoxy) is 1. The van der Waals surface area contributed by atoms with Gasteiger partial charge in [-0.25, -0.2) is 9.18 Å². The number of halogens is 2. The largest absolute Gasteiger partial charge is 0.508 e. The van der Waals surface area contributed by atoms with Crippen molar-refractivity contribution < 1.29 is 19.0 Å². The minimum atomic E-state index is -0.666. The zero-order valence-electron chi connectivity index (χ0n) is 11.9. The topological polar surface area (TPSA) is 46.5 Å². The Morgan fingerprint density at radius 3 is 2.59 bits per heavy atom. The molecule has 5 heteroatoms. The molecule has 0 aromatic heterocycles. The van der Waals surface area contributed by atoms with Crippen molar-refractivity contribution in [3.8, 4) is 22.6 Å². The van der Waals surface area contributed by atoms with Crippen LogP contribution in [-0.4, -0.2) is 15.6 Å². The first-order valence-corrected chi connectivity index (χ1v) is 8.92. The van der Waals surface area contributed by atoms with Gasteiger partial charge >= 0.3 is 5.97 Å². The fourth-order valence-electron chi connectivity index (χ4n) is 1.79. The highest BCUT2D eigenvalue weighted by molar-refractivity contribution is 14.2. The van der Waals surface area contributed by atoms with E-state index in [4.69, 9.17) is 4.74 Å². The lowest BCUT2D eigenvalue weighted by molar-refractivity contribution is -0.130. The van der Waals surface area contributed by atoms with E-state index in [9.17, 15) is 14.3 Å². The van der Waals surface area contributed by atoms with Crippen molar-refractivity contribution in [3.05, 3.63) is 57.9 Å². The Morgan fingerprint density at radius 1 is 1.27 bits per heavy atom. The normalized spacial score (nSPS) is 10.3. The molecule has 0 radical (unpaired) electrons. The first-order chi connectivity index (χ1) is 10.4. The average molecular weight is 412 g/mol. The number of aromatic hydroxyl groups is 1. The number of carbonyl (C=O) groups is 1. The van der Waals surface area contributed by atoms with Crippen LogP contribution in [0.1, 0.15) is 6.92 Å². The fourth-order valence-corrected chi connectivity index (χ4v) is 3.23. The highest BCUT2D eigenvalue weighted by Crippen LogP contribution is 2.32. The molecular weight excluding hydrogens is 398 g/mol. The van der Waals surface area contributed by atoms with Gasteiger partial charge in [0.1, 0.15) is 5.75 Å². The second-order valence-electron chi connectivity index (χ2n) is 4.61. The lowest BCUT2D eigenvalue weighted by Crippen LogP contribution is -2.09. The molecule has 0 spiro atoms. The number of benzene rings is 2. The van der Waals surface area contributed by atoms with E-state index in [1.807, 2.05) is 0 Å². The molecule has 0 aliphatic carbocycles. The maximum Gasteiger partial charge on any atom is 0.338 e. The summed E-state index contributed by atoms with van der Waals surface area (Å²) in [5.74, 6) is -1.27. The number of hydrogen-bond donors (Lipinski definition) is 1. The third kappa shape index (κ3) is 3.59. The molecule has 2 aromatic carbocycles. The van der Waals surface area contributed by atoms with Crippen LogP contribution in [0, 0.1) is 9.39 Å². The standard InChI is InChI=1S/C17H14FIO3/c1-10(2)17(21)22-16-7-4-11(8-14(16)18)13-6-5-12(20)9-15(13)19-3/h4-9,20H,1,3H2,2H3. The number of hydrogen-bond acceptors (Lipinski definition) is 3. The summed E-state index contributed by atoms with van der Waals surface area (Å²) in [5.41, 5.74) is 1.66. The highest BCUT2D eigenvalue weighted by atomic mass is 127. The maximum atomic E-state index is 14.1. The molecular formula is C17H14FIO3. The van der Waals surface area contributed by atoms with Gasteiger partial charge in [0.25, 0.3) is 0 Å². The number of phenols is 1. The van der Waals surface area contributed by atoms with Crippen LogP contribution in [-0.2, 0) is 4.79 Å². The third-order valence-corrected chi connectivity index (χ3v) is 4.60. The van der Waals surface area contributed by atoms with Crippen molar-refractivity contribution in [3.63, 3.8) is 0 Å². The van der Waals surface area contributed by atoms with Gasteiger partial charge in [0, 0.05) is 9.14 Å². The van der Waals surface area contributed by atoms with Crippen LogP contribution in [0.15, 0.2) is 48.6 Å². The molecule has 2 aromatic rings. The quantitative estimate of drug-likeness (QED) is 0.354. The summed E-state index contributed by atoms with van der Waals surface area (Å²) in [4.78, 5) is 11.4. The first-order valence-electron chi connectivity index (χ1n) is 6.31. The van der Waals surface area contributed by atoms with Gasteiger partial charge in [0.15, 0.2) is 11.6 Å². The smallest absolute Gasteiger partial charge is 0.338 e. The van der Waals surface area contributed by atoms with E-state index >= 15 is 0 Å². The zero-order chi connectivity index (χ0) is 16.3. The van der Waals surface area contributed by atoms with Crippen molar-refractivity contribution >= 4 is 31.2 Å². The van der Waals surface area contributed by atoms with Gasteiger partial charge in [-0.05, 0) is 48.4 Å². The van der Waals surface area contributed by atoms with E-state index in [0.29, 0.717) is 5.56 Å². The first kappa shape index (κ1) is 16.4. The Kier molecular flexibility index (Phi) is 5.07. The minimum absolute atomic E-state index is 0.138. The van der Waals surface area contributed by atoms with Crippen LogP contribution in [0.2, 0.25) is 0 Å². The van der Waals surface area contributed by atoms with E-state index < -0.39 is 32.5 Å². The number of phenolic OH excluding ortho intramolecular Hbond substituents is 1. The second-order valence-corrected chi connectivity index (χ2v) is 6.54. The van der Waals surface area contributed by atoms with Gasteiger partial charge in [0.05, 0.1) is 0 Å². The Labute approximate surface area is 137 Å². The Balaban J connectivity index is 2.39. The van der Waals surface area contributed by atoms with Crippen LogP contribution >= 0.6 is 20.7 Å². The molecule has 0 heterocycles. The molecule has 2 rings (SSSR count). The van der Waals surface area contributed by atoms with E-state index in [1.54, 1.807) is 24.3 Å². The minimum Gasteiger partial charge on any atom is -0.508 e. The summed E-state index contributed by atoms with van der Waals surface area (Å²) in [6, 6.07) is 9.29. The van der Waals surface area contributed by atoms with E-state index in [0.717, 1.165) is 9.13 Å². The fraction of sp³-hybridized carbons (Fsp3) is 0.0588. The summed E-state index contributed by atoms with van der Waals surface area (Å²) in [5, 5.41) is 9.52. The third-order valence-electron chi connectivity index (χ3n) is 2.89. The van der Waals surface area contributed by atoms with Crippen molar-refractivity contribution in [2.75, 3.05) is 0 Å². The highest BCUT2D eigenvalue weighted by Gasteiger charge is 2.12. The molecule has 0 unspecified atom stereocenters. The van der Waals surface area contributed by atoms with Crippen molar-refractivity contribution in [2.24, 2.45) is 0 Å². The van der Waals surface area contributed by atoms with E-state index in [1.165, 1.54) is 19.1 Å². The van der Waals surface area contributed by atoms with Gasteiger partial charge in [-0.15, -0.1) is 0 Å². The van der Waals surface area contributed by atoms with Crippen LogP contribution < -0.4 is 4.74 Å². The Bertz CT molecular complexity index is 768. The molecule has 3 nitrogen and oxygen atoms in total. The summed E-state index contributed by atoms with van der Waals surface area (Å²) in [6.45, 7) is 4.95. The lowest BCUT2D eigenvalue weighted by atomic mass is 10.1. The van der Waals surface area contributed by atoms with Crippen molar-refractivity contribution in [1.29, 1.82) is 0 Å². The van der Waals surface area contributed by atoms with Gasteiger partial charge in [-0.1, -0.05) is 37.9 Å². The van der Waals surface area contributed by atoms with E-state index in [-0.39, 0.29) is 17.1 Å². The molecule has 0 atom stereocenters. The van der Waals surface area contributed by atoms with Crippen molar-refractivity contribution in [2.45, 2.75) is 6.92 Å². The molecule has 0 aliphatic heterocycles. The molecule has 1 N–H and O–H groups in total. The second kappa shape index (κ2) is 6.83. The lowest BCUT2D eigenvalue weighted by Gasteiger charge is -2.09. The van der Waals surface area contributed by atoms with Gasteiger partial charge in [0.2, 0.25) is 0 Å². The molecule has 114 valence electrons. The predicted molar refractivity (Wildman–Crippen MR) is 93.8 cm³/mol. The molecule has 0 saturated heterocycles. The molecule has 0 amide bonds. The average Bonchev–Trinajstić information content (AvgIpc) is 2.49. The summed E-state index contributed by atoms with van der Waals surface area (Å²) in [6.07, 6.45) is 0. The Morgan fingerprint density at radius 2 is 2.00 bits per heavy atom. The van der Waals surface area contributed by atoms with Gasteiger partial charge in [-0.2, -0.15) is 0 Å². The van der Waals surface area contributed by atoms with Gasteiger partial charge in [-0.3, -0.25) is 0 Å². The van der Waals surface area contributed by atoms with Crippen LogP contribution in [0.3, 0.4) is 0 Å². The number of carbonyl (C=O) groups excluding carboxylic acids is 1. The molecule has 0 bridgehead atoms. The number of esters is 1. The SMILES string of the molecule is C=Ic1cc(O)ccc1-c1ccc(OC(=O)C(=C)C)c(F)c1. The van der Waals surface area contributed by atoms with Crippen molar-refractivity contribution in [1.82, 2.24) is 0 Å². The van der Waals surface area contributed by atoms with E-state index in [2.05, 4.69) is 11.1 Å². The van der Waals surface area contributed by atoms with Crippen LogP contribution in [0.4, 0.5) is 4.39 Å². The van der Waals surface area contributed by atoms with Crippen LogP contribution in [0.25, 0.3) is 11.1 Å². The summed E-state index contributed by atoms with van der Waals surface area (Å²) < 4.78 is 23.8. The molecule has 0 aliphatic rings. The molecule has 0 fully saturated rings. The monoisotopic (exact) mass is 412 g/mol. The van der Waals surface area contributed by atoms with Crippen LogP contribution in [0.5, 0.6) is 11.5 Å². The maximum absolute atomic E-state index is 14.1. The van der Waals surface area contributed by atoms with Gasteiger partial charge < -0.3 is 9.84 Å².